The van der Waals surface area contributed by atoms with Crippen LogP contribution in [0.2, 0.25) is 0 Å². The van der Waals surface area contributed by atoms with Gasteiger partial charge in [-0.1, -0.05) is 12.1 Å². The number of hydrogen-bond donors (Lipinski definition) is 0. The SMILES string of the molecule is COCC1=CCN(C(=O)c2cccs2)CC1. The van der Waals surface area contributed by atoms with Crippen molar-refractivity contribution in [2.45, 2.75) is 6.42 Å². The molecule has 0 aliphatic carbocycles. The lowest BCUT2D eigenvalue weighted by atomic mass is 10.1. The minimum Gasteiger partial charge on any atom is -0.380 e. The molecule has 1 aromatic rings. The van der Waals surface area contributed by atoms with Crippen LogP contribution in [-0.4, -0.2) is 37.6 Å². The summed E-state index contributed by atoms with van der Waals surface area (Å²) in [6.45, 7) is 2.18. The maximum absolute atomic E-state index is 12.0. The van der Waals surface area contributed by atoms with Crippen LogP contribution in [0.25, 0.3) is 0 Å². The summed E-state index contributed by atoms with van der Waals surface area (Å²) >= 11 is 1.50. The summed E-state index contributed by atoms with van der Waals surface area (Å²) in [5, 5.41) is 1.93. The van der Waals surface area contributed by atoms with Crippen LogP contribution in [-0.2, 0) is 4.74 Å². The Kier molecular flexibility index (Phi) is 3.74. The number of thiophene rings is 1. The van der Waals surface area contributed by atoms with Crippen LogP contribution in [0.4, 0.5) is 0 Å². The lowest BCUT2D eigenvalue weighted by Crippen LogP contribution is -2.34. The van der Waals surface area contributed by atoms with Crippen molar-refractivity contribution in [2.24, 2.45) is 0 Å². The molecule has 0 spiro atoms. The Morgan fingerprint density at radius 1 is 1.62 bits per heavy atom. The highest BCUT2D eigenvalue weighted by molar-refractivity contribution is 7.12. The number of rotatable bonds is 3. The highest BCUT2D eigenvalue weighted by Gasteiger charge is 2.18. The number of ether oxygens (including phenoxy) is 1. The fourth-order valence-corrected chi connectivity index (χ4v) is 2.46. The van der Waals surface area contributed by atoms with E-state index in [1.165, 1.54) is 16.9 Å². The highest BCUT2D eigenvalue weighted by Crippen LogP contribution is 2.16. The molecule has 3 nitrogen and oxygen atoms in total. The number of carbonyl (C=O) groups is 1. The zero-order chi connectivity index (χ0) is 11.4. The van der Waals surface area contributed by atoms with Crippen molar-refractivity contribution >= 4 is 17.2 Å². The summed E-state index contributed by atoms with van der Waals surface area (Å²) in [5.41, 5.74) is 1.29. The molecule has 4 heteroatoms. The molecule has 1 aliphatic rings. The molecule has 0 saturated heterocycles. The normalized spacial score (nSPS) is 16.1. The summed E-state index contributed by atoms with van der Waals surface area (Å²) < 4.78 is 5.08. The first-order valence-corrected chi connectivity index (χ1v) is 6.19. The molecule has 1 aliphatic heterocycles. The van der Waals surface area contributed by atoms with Gasteiger partial charge < -0.3 is 9.64 Å². The van der Waals surface area contributed by atoms with Gasteiger partial charge in [0.2, 0.25) is 0 Å². The summed E-state index contributed by atoms with van der Waals surface area (Å²) in [7, 11) is 1.70. The van der Waals surface area contributed by atoms with Crippen LogP contribution in [0, 0.1) is 0 Å². The average Bonchev–Trinajstić information content (AvgIpc) is 2.83. The lowest BCUT2D eigenvalue weighted by Gasteiger charge is -2.25. The van der Waals surface area contributed by atoms with Crippen LogP contribution in [0.5, 0.6) is 0 Å². The van der Waals surface area contributed by atoms with Gasteiger partial charge in [0.05, 0.1) is 11.5 Å². The van der Waals surface area contributed by atoms with E-state index in [4.69, 9.17) is 4.74 Å². The number of nitrogens with zero attached hydrogens (tertiary/aromatic N) is 1. The maximum Gasteiger partial charge on any atom is 0.264 e. The second kappa shape index (κ2) is 5.27. The van der Waals surface area contributed by atoms with Crippen molar-refractivity contribution < 1.29 is 9.53 Å². The second-order valence-corrected chi connectivity index (χ2v) is 4.72. The first-order valence-electron chi connectivity index (χ1n) is 5.31. The van der Waals surface area contributed by atoms with E-state index in [0.717, 1.165) is 17.8 Å². The quantitative estimate of drug-likeness (QED) is 0.754. The fourth-order valence-electron chi connectivity index (χ4n) is 1.77. The maximum atomic E-state index is 12.0. The summed E-state index contributed by atoms with van der Waals surface area (Å²) in [4.78, 5) is 14.7. The molecule has 86 valence electrons. The van der Waals surface area contributed by atoms with Gasteiger partial charge in [-0.15, -0.1) is 11.3 Å². The third-order valence-electron chi connectivity index (χ3n) is 2.65. The number of hydrogen-bond acceptors (Lipinski definition) is 3. The molecule has 1 aromatic heterocycles. The van der Waals surface area contributed by atoms with E-state index in [1.807, 2.05) is 22.4 Å². The Labute approximate surface area is 99.3 Å². The molecule has 0 saturated carbocycles. The average molecular weight is 237 g/mol. The highest BCUT2D eigenvalue weighted by atomic mass is 32.1. The topological polar surface area (TPSA) is 29.5 Å². The number of methoxy groups -OCH3 is 1. The monoisotopic (exact) mass is 237 g/mol. The van der Waals surface area contributed by atoms with Gasteiger partial charge in [-0.2, -0.15) is 0 Å². The van der Waals surface area contributed by atoms with E-state index in [9.17, 15) is 4.79 Å². The largest absolute Gasteiger partial charge is 0.380 e. The first-order chi connectivity index (χ1) is 7.81. The zero-order valence-electron chi connectivity index (χ0n) is 9.31. The molecule has 0 unspecified atom stereocenters. The van der Waals surface area contributed by atoms with Gasteiger partial charge in [0.15, 0.2) is 0 Å². The molecular weight excluding hydrogens is 222 g/mol. The van der Waals surface area contributed by atoms with Gasteiger partial charge in [0.25, 0.3) is 5.91 Å². The minimum atomic E-state index is 0.141. The van der Waals surface area contributed by atoms with Crippen molar-refractivity contribution in [3.63, 3.8) is 0 Å². The van der Waals surface area contributed by atoms with Crippen molar-refractivity contribution in [1.82, 2.24) is 4.90 Å². The van der Waals surface area contributed by atoms with Crippen molar-refractivity contribution in [3.8, 4) is 0 Å². The smallest absolute Gasteiger partial charge is 0.264 e. The van der Waals surface area contributed by atoms with Gasteiger partial charge in [-0.3, -0.25) is 4.79 Å². The van der Waals surface area contributed by atoms with Crippen LogP contribution in [0.3, 0.4) is 0 Å². The van der Waals surface area contributed by atoms with Gasteiger partial charge >= 0.3 is 0 Å². The Morgan fingerprint density at radius 2 is 2.50 bits per heavy atom. The van der Waals surface area contributed by atoms with Crippen LogP contribution in [0.1, 0.15) is 16.1 Å². The van der Waals surface area contributed by atoms with Crippen LogP contribution < -0.4 is 0 Å². The molecule has 0 aromatic carbocycles. The van der Waals surface area contributed by atoms with E-state index < -0.39 is 0 Å². The van der Waals surface area contributed by atoms with Crippen molar-refractivity contribution in [3.05, 3.63) is 34.0 Å². The van der Waals surface area contributed by atoms with E-state index in [-0.39, 0.29) is 5.91 Å². The van der Waals surface area contributed by atoms with E-state index >= 15 is 0 Å². The Hall–Kier alpha value is -1.13. The molecule has 2 rings (SSSR count). The van der Waals surface area contributed by atoms with Crippen molar-refractivity contribution in [2.75, 3.05) is 26.8 Å². The standard InChI is InChI=1S/C12H15NO2S/c1-15-9-10-4-6-13(7-5-10)12(14)11-3-2-8-16-11/h2-4,8H,5-7,9H2,1H3. The van der Waals surface area contributed by atoms with Crippen LogP contribution in [0.15, 0.2) is 29.2 Å². The molecule has 0 fully saturated rings. The van der Waals surface area contributed by atoms with Gasteiger partial charge in [0.1, 0.15) is 0 Å². The fraction of sp³-hybridized carbons (Fsp3) is 0.417. The molecule has 1 amide bonds. The predicted octanol–water partition coefficient (Wildman–Crippen LogP) is 2.17. The lowest BCUT2D eigenvalue weighted by molar-refractivity contribution is 0.0770. The minimum absolute atomic E-state index is 0.141. The summed E-state index contributed by atoms with van der Waals surface area (Å²) in [6, 6.07) is 3.79. The Morgan fingerprint density at radius 3 is 3.06 bits per heavy atom. The van der Waals surface area contributed by atoms with Gasteiger partial charge in [0, 0.05) is 20.2 Å². The number of carbonyl (C=O) groups excluding carboxylic acids is 1. The molecule has 0 bridgehead atoms. The molecule has 0 N–H and O–H groups in total. The first kappa shape index (κ1) is 11.4. The number of amides is 1. The Bertz CT molecular complexity index is 384. The van der Waals surface area contributed by atoms with E-state index in [2.05, 4.69) is 6.08 Å². The summed E-state index contributed by atoms with van der Waals surface area (Å²) in [5.74, 6) is 0.141. The predicted molar refractivity (Wildman–Crippen MR) is 64.8 cm³/mol. The van der Waals surface area contributed by atoms with Gasteiger partial charge in [-0.05, 0) is 23.4 Å². The second-order valence-electron chi connectivity index (χ2n) is 3.77. The third-order valence-corrected chi connectivity index (χ3v) is 3.51. The molecule has 2 heterocycles. The van der Waals surface area contributed by atoms with Crippen molar-refractivity contribution in [1.29, 1.82) is 0 Å². The molecule has 16 heavy (non-hydrogen) atoms. The molecule has 0 atom stereocenters. The van der Waals surface area contributed by atoms with Crippen LogP contribution >= 0.6 is 11.3 Å². The third kappa shape index (κ3) is 2.51. The molecular formula is C12H15NO2S. The van der Waals surface area contributed by atoms with E-state index in [0.29, 0.717) is 13.2 Å². The zero-order valence-corrected chi connectivity index (χ0v) is 10.1. The molecule has 0 radical (unpaired) electrons. The van der Waals surface area contributed by atoms with E-state index in [1.54, 1.807) is 7.11 Å². The summed E-state index contributed by atoms with van der Waals surface area (Å²) in [6.07, 6.45) is 3.02. The van der Waals surface area contributed by atoms with Gasteiger partial charge in [-0.25, -0.2) is 0 Å². The Balaban J connectivity index is 1.97.